The zero-order valence-electron chi connectivity index (χ0n) is 12.1. The molecular formula is C16H21ClN2OS. The van der Waals surface area contributed by atoms with Crippen LogP contribution < -0.4 is 10.6 Å². The Morgan fingerprint density at radius 2 is 2.19 bits per heavy atom. The Balaban J connectivity index is 0.00000161. The van der Waals surface area contributed by atoms with E-state index in [0.717, 1.165) is 26.1 Å². The molecule has 0 spiro atoms. The number of hydrogen-bond acceptors (Lipinski definition) is 3. The van der Waals surface area contributed by atoms with Crippen LogP contribution in [-0.2, 0) is 11.2 Å². The van der Waals surface area contributed by atoms with Crippen LogP contribution in [0.15, 0.2) is 29.6 Å². The maximum absolute atomic E-state index is 12.0. The third-order valence-corrected chi connectivity index (χ3v) is 5.20. The van der Waals surface area contributed by atoms with Gasteiger partial charge in [-0.2, -0.15) is 0 Å². The molecule has 3 rings (SSSR count). The maximum Gasteiger partial charge on any atom is 0.223 e. The van der Waals surface area contributed by atoms with Gasteiger partial charge < -0.3 is 10.6 Å². The Hall–Kier alpha value is -1.10. The van der Waals surface area contributed by atoms with E-state index in [-0.39, 0.29) is 24.2 Å². The second-order valence-electron chi connectivity index (χ2n) is 5.51. The van der Waals surface area contributed by atoms with Crippen molar-refractivity contribution < 1.29 is 4.79 Å². The van der Waals surface area contributed by atoms with Gasteiger partial charge >= 0.3 is 0 Å². The minimum atomic E-state index is 0. The van der Waals surface area contributed by atoms with Gasteiger partial charge in [0.1, 0.15) is 0 Å². The minimum absolute atomic E-state index is 0. The van der Waals surface area contributed by atoms with Crippen molar-refractivity contribution in [1.82, 2.24) is 10.6 Å². The Morgan fingerprint density at radius 1 is 1.43 bits per heavy atom. The molecule has 0 radical (unpaired) electrons. The first kappa shape index (κ1) is 16.3. The van der Waals surface area contributed by atoms with E-state index in [1.807, 2.05) is 6.92 Å². The molecule has 0 saturated carbocycles. The summed E-state index contributed by atoms with van der Waals surface area (Å²) in [5.41, 5.74) is 1.34. The van der Waals surface area contributed by atoms with Crippen molar-refractivity contribution >= 4 is 39.7 Å². The number of nitrogens with one attached hydrogen (secondary N) is 2. The molecule has 3 nitrogen and oxygen atoms in total. The quantitative estimate of drug-likeness (QED) is 0.888. The fourth-order valence-electron chi connectivity index (χ4n) is 2.59. The molecule has 0 bridgehead atoms. The lowest BCUT2D eigenvalue weighted by molar-refractivity contribution is -0.126. The third-order valence-electron chi connectivity index (χ3n) is 4.19. The van der Waals surface area contributed by atoms with E-state index in [9.17, 15) is 4.79 Å². The first-order valence-corrected chi connectivity index (χ1v) is 8.07. The summed E-state index contributed by atoms with van der Waals surface area (Å²) in [6.07, 6.45) is 0.908. The summed E-state index contributed by atoms with van der Waals surface area (Å²) in [7, 11) is 0. The van der Waals surface area contributed by atoms with Crippen molar-refractivity contribution in [2.45, 2.75) is 13.3 Å². The zero-order chi connectivity index (χ0) is 13.9. The fourth-order valence-corrected chi connectivity index (χ4v) is 3.58. The van der Waals surface area contributed by atoms with Crippen LogP contribution in [0, 0.1) is 11.8 Å². The molecule has 1 aromatic heterocycles. The lowest BCUT2D eigenvalue weighted by Crippen LogP contribution is -2.49. The van der Waals surface area contributed by atoms with E-state index in [1.54, 1.807) is 11.3 Å². The van der Waals surface area contributed by atoms with E-state index in [0.29, 0.717) is 5.92 Å². The largest absolute Gasteiger partial charge is 0.356 e. The summed E-state index contributed by atoms with van der Waals surface area (Å²) >= 11 is 1.78. The summed E-state index contributed by atoms with van der Waals surface area (Å²) in [6, 6.07) is 8.45. The molecule has 5 heteroatoms. The van der Waals surface area contributed by atoms with Gasteiger partial charge in [0, 0.05) is 17.2 Å². The van der Waals surface area contributed by atoms with Gasteiger partial charge in [-0.1, -0.05) is 25.1 Å². The van der Waals surface area contributed by atoms with Crippen molar-refractivity contribution in [3.63, 3.8) is 0 Å². The average Bonchev–Trinajstić information content (AvgIpc) is 2.80. The molecule has 1 amide bonds. The summed E-state index contributed by atoms with van der Waals surface area (Å²) in [6.45, 7) is 4.71. The molecule has 1 fully saturated rings. The Labute approximate surface area is 135 Å². The SMILES string of the molecule is CC(C(=O)NCCc1csc2ccccc12)C1CNC1.Cl. The number of thiophene rings is 1. The molecule has 1 aliphatic heterocycles. The predicted octanol–water partition coefficient (Wildman–Crippen LogP) is 2.84. The standard InChI is InChI=1S/C16H20N2OS.ClH/c1-11(13-8-17-9-13)16(19)18-7-6-12-10-20-15-5-3-2-4-14(12)15;/h2-5,10-11,13,17H,6-9H2,1H3,(H,18,19);1H. The summed E-state index contributed by atoms with van der Waals surface area (Å²) < 4.78 is 1.32. The van der Waals surface area contributed by atoms with Crippen LogP contribution in [0.2, 0.25) is 0 Å². The third kappa shape index (κ3) is 3.57. The summed E-state index contributed by atoms with van der Waals surface area (Å²) in [4.78, 5) is 12.0. The van der Waals surface area contributed by atoms with Gasteiger partial charge in [0.25, 0.3) is 0 Å². The monoisotopic (exact) mass is 324 g/mol. The summed E-state index contributed by atoms with van der Waals surface area (Å²) in [5.74, 6) is 0.823. The van der Waals surface area contributed by atoms with Crippen LogP contribution in [-0.4, -0.2) is 25.5 Å². The smallest absolute Gasteiger partial charge is 0.223 e. The number of carbonyl (C=O) groups excluding carboxylic acids is 1. The number of rotatable bonds is 5. The molecule has 2 heterocycles. The molecule has 1 unspecified atom stereocenters. The second kappa shape index (κ2) is 7.25. The van der Waals surface area contributed by atoms with Gasteiger partial charge in [-0.3, -0.25) is 4.79 Å². The number of carbonyl (C=O) groups is 1. The van der Waals surface area contributed by atoms with Crippen molar-refractivity contribution in [1.29, 1.82) is 0 Å². The highest BCUT2D eigenvalue weighted by Gasteiger charge is 2.28. The average molecular weight is 325 g/mol. The van der Waals surface area contributed by atoms with Crippen LogP contribution in [0.25, 0.3) is 10.1 Å². The van der Waals surface area contributed by atoms with Crippen molar-refractivity contribution in [3.8, 4) is 0 Å². The van der Waals surface area contributed by atoms with E-state index in [4.69, 9.17) is 0 Å². The molecule has 1 aromatic carbocycles. The van der Waals surface area contributed by atoms with Gasteiger partial charge in [-0.15, -0.1) is 23.7 Å². The van der Waals surface area contributed by atoms with E-state index in [1.165, 1.54) is 15.6 Å². The molecular weight excluding hydrogens is 304 g/mol. The number of amides is 1. The van der Waals surface area contributed by atoms with Crippen molar-refractivity contribution in [2.24, 2.45) is 11.8 Å². The van der Waals surface area contributed by atoms with Crippen LogP contribution in [0.4, 0.5) is 0 Å². The van der Waals surface area contributed by atoms with Crippen LogP contribution in [0.5, 0.6) is 0 Å². The van der Waals surface area contributed by atoms with E-state index in [2.05, 4.69) is 40.3 Å². The molecule has 0 aliphatic carbocycles. The summed E-state index contributed by atoms with van der Waals surface area (Å²) in [5, 5.41) is 9.82. The molecule has 2 N–H and O–H groups in total. The first-order chi connectivity index (χ1) is 9.75. The molecule has 1 saturated heterocycles. The normalized spacial score (nSPS) is 16.0. The topological polar surface area (TPSA) is 41.1 Å². The Kier molecular flexibility index (Phi) is 5.62. The highest BCUT2D eigenvalue weighted by atomic mass is 35.5. The number of hydrogen-bond donors (Lipinski definition) is 2. The second-order valence-corrected chi connectivity index (χ2v) is 6.42. The molecule has 1 atom stereocenters. The Morgan fingerprint density at radius 3 is 2.90 bits per heavy atom. The number of halogens is 1. The molecule has 114 valence electrons. The van der Waals surface area contributed by atoms with Gasteiger partial charge in [-0.25, -0.2) is 0 Å². The van der Waals surface area contributed by atoms with Crippen LogP contribution in [0.1, 0.15) is 12.5 Å². The van der Waals surface area contributed by atoms with Gasteiger partial charge in [0.05, 0.1) is 0 Å². The highest BCUT2D eigenvalue weighted by Crippen LogP contribution is 2.25. The van der Waals surface area contributed by atoms with Crippen molar-refractivity contribution in [2.75, 3.05) is 19.6 Å². The van der Waals surface area contributed by atoms with E-state index >= 15 is 0 Å². The molecule has 1 aliphatic rings. The predicted molar refractivity (Wildman–Crippen MR) is 91.3 cm³/mol. The Bertz CT molecular complexity index is 609. The lowest BCUT2D eigenvalue weighted by atomic mass is 9.88. The number of benzene rings is 1. The number of fused-ring (bicyclic) bond motifs is 1. The van der Waals surface area contributed by atoms with Crippen LogP contribution in [0.3, 0.4) is 0 Å². The minimum Gasteiger partial charge on any atom is -0.356 e. The van der Waals surface area contributed by atoms with Gasteiger partial charge in [0.15, 0.2) is 0 Å². The van der Waals surface area contributed by atoms with Crippen LogP contribution >= 0.6 is 23.7 Å². The first-order valence-electron chi connectivity index (χ1n) is 7.19. The maximum atomic E-state index is 12.0. The molecule has 2 aromatic rings. The highest BCUT2D eigenvalue weighted by molar-refractivity contribution is 7.17. The van der Waals surface area contributed by atoms with Gasteiger partial charge in [-0.05, 0) is 47.8 Å². The molecule has 21 heavy (non-hydrogen) atoms. The van der Waals surface area contributed by atoms with E-state index < -0.39 is 0 Å². The van der Waals surface area contributed by atoms with Gasteiger partial charge in [0.2, 0.25) is 5.91 Å². The zero-order valence-corrected chi connectivity index (χ0v) is 13.7. The lowest BCUT2D eigenvalue weighted by Gasteiger charge is -2.31. The van der Waals surface area contributed by atoms with Crippen molar-refractivity contribution in [3.05, 3.63) is 35.2 Å². The fraction of sp³-hybridized carbons (Fsp3) is 0.438.